The van der Waals surface area contributed by atoms with Crippen molar-refractivity contribution in [2.24, 2.45) is 5.92 Å². The van der Waals surface area contributed by atoms with Crippen molar-refractivity contribution in [2.45, 2.75) is 40.0 Å². The van der Waals surface area contributed by atoms with Crippen LogP contribution in [0.4, 0.5) is 0 Å². The summed E-state index contributed by atoms with van der Waals surface area (Å²) in [5.74, 6) is 0.396. The van der Waals surface area contributed by atoms with Crippen LogP contribution in [0.2, 0.25) is 0 Å². The zero-order chi connectivity index (χ0) is 11.8. The first-order valence-electron chi connectivity index (χ1n) is 5.79. The Morgan fingerprint density at radius 1 is 1.20 bits per heavy atom. The Morgan fingerprint density at radius 3 is 2.00 bits per heavy atom. The summed E-state index contributed by atoms with van der Waals surface area (Å²) in [6, 6.07) is 0. The average Bonchev–Trinajstić information content (AvgIpc) is 2.15. The minimum atomic E-state index is 0.396. The fraction of sp³-hybridized carbons (Fsp3) is 0.692. The van der Waals surface area contributed by atoms with E-state index in [0.29, 0.717) is 5.92 Å². The van der Waals surface area contributed by atoms with E-state index in [9.17, 15) is 0 Å². The summed E-state index contributed by atoms with van der Waals surface area (Å²) < 4.78 is 0. The molecule has 0 spiro atoms. The van der Waals surface area contributed by atoms with Crippen LogP contribution in [0, 0.1) is 5.92 Å². The molecule has 0 amide bonds. The van der Waals surface area contributed by atoms with Crippen LogP contribution in [0.25, 0.3) is 0 Å². The molecule has 0 aliphatic carbocycles. The van der Waals surface area contributed by atoms with Crippen LogP contribution in [-0.2, 0) is 0 Å². The molecule has 88 valence electrons. The molecule has 0 heterocycles. The Hall–Kier alpha value is -0.430. The molecule has 0 aromatic heterocycles. The van der Waals surface area contributed by atoms with Gasteiger partial charge in [0.25, 0.3) is 0 Å². The molecule has 0 bridgehead atoms. The minimum Gasteiger partial charge on any atom is -0.375 e. The number of rotatable bonds is 8. The lowest BCUT2D eigenvalue weighted by Crippen LogP contribution is -2.27. The predicted molar refractivity (Wildman–Crippen MR) is 70.1 cm³/mol. The van der Waals surface area contributed by atoms with Crippen LogP contribution < -0.4 is 0 Å². The normalized spacial score (nSPS) is 12.3. The molecule has 0 saturated heterocycles. The highest BCUT2D eigenvalue weighted by atomic mass is 35.5. The van der Waals surface area contributed by atoms with Gasteiger partial charge in [0.1, 0.15) is 0 Å². The third kappa shape index (κ3) is 5.88. The zero-order valence-corrected chi connectivity index (χ0v) is 11.1. The number of allylic oxidation sites excluding steroid dienone is 2. The van der Waals surface area contributed by atoms with Gasteiger partial charge in [0.05, 0.1) is 0 Å². The largest absolute Gasteiger partial charge is 0.375 e. The monoisotopic (exact) mass is 229 g/mol. The van der Waals surface area contributed by atoms with Crippen LogP contribution in [0.5, 0.6) is 0 Å². The van der Waals surface area contributed by atoms with Crippen LogP contribution in [0.1, 0.15) is 40.0 Å². The van der Waals surface area contributed by atoms with Crippen molar-refractivity contribution >= 4 is 11.6 Å². The quantitative estimate of drug-likeness (QED) is 0.596. The van der Waals surface area contributed by atoms with Gasteiger partial charge >= 0.3 is 0 Å². The van der Waals surface area contributed by atoms with E-state index in [1.54, 1.807) is 0 Å². The fourth-order valence-electron chi connectivity index (χ4n) is 1.70. The Bertz CT molecular complexity index is 205. The van der Waals surface area contributed by atoms with Gasteiger partial charge in [-0.15, -0.1) is 0 Å². The van der Waals surface area contributed by atoms with Gasteiger partial charge in [0.15, 0.2) is 0 Å². The van der Waals surface area contributed by atoms with Crippen molar-refractivity contribution in [2.75, 3.05) is 13.1 Å². The highest BCUT2D eigenvalue weighted by Crippen LogP contribution is 2.22. The highest BCUT2D eigenvalue weighted by molar-refractivity contribution is 6.29. The van der Waals surface area contributed by atoms with Crippen molar-refractivity contribution in [3.63, 3.8) is 0 Å². The van der Waals surface area contributed by atoms with Gasteiger partial charge in [-0.05, 0) is 19.3 Å². The van der Waals surface area contributed by atoms with Gasteiger partial charge in [-0.3, -0.25) is 0 Å². The summed E-state index contributed by atoms with van der Waals surface area (Å²) in [7, 11) is 0. The third-order valence-corrected chi connectivity index (χ3v) is 2.64. The molecular formula is C13H24ClN. The second-order valence-corrected chi connectivity index (χ2v) is 4.64. The number of nitrogens with zero attached hydrogens (tertiary/aromatic N) is 1. The van der Waals surface area contributed by atoms with Crippen LogP contribution >= 0.6 is 11.6 Å². The topological polar surface area (TPSA) is 3.24 Å². The Balaban J connectivity index is 4.27. The minimum absolute atomic E-state index is 0.396. The second-order valence-electron chi connectivity index (χ2n) is 4.10. The molecule has 0 radical (unpaired) electrons. The first kappa shape index (κ1) is 14.6. The van der Waals surface area contributed by atoms with Crippen molar-refractivity contribution < 1.29 is 0 Å². The summed E-state index contributed by atoms with van der Waals surface area (Å²) in [4.78, 5) is 2.37. The molecule has 0 rings (SSSR count). The predicted octanol–water partition coefficient (Wildman–Crippen LogP) is 4.40. The molecule has 2 heteroatoms. The average molecular weight is 230 g/mol. The number of hydrogen-bond donors (Lipinski definition) is 0. The molecule has 0 aliphatic heterocycles. The van der Waals surface area contributed by atoms with E-state index >= 15 is 0 Å². The van der Waals surface area contributed by atoms with E-state index in [1.165, 1.54) is 5.70 Å². The fourth-order valence-corrected chi connectivity index (χ4v) is 1.93. The molecule has 1 atom stereocenters. The first-order chi connectivity index (χ1) is 7.02. The van der Waals surface area contributed by atoms with Crippen molar-refractivity contribution in [3.05, 3.63) is 23.9 Å². The summed E-state index contributed by atoms with van der Waals surface area (Å²) >= 11 is 5.82. The van der Waals surface area contributed by atoms with Gasteiger partial charge in [0.2, 0.25) is 0 Å². The van der Waals surface area contributed by atoms with Crippen LogP contribution in [-0.4, -0.2) is 18.0 Å². The van der Waals surface area contributed by atoms with E-state index in [0.717, 1.165) is 37.4 Å². The highest BCUT2D eigenvalue weighted by Gasteiger charge is 2.13. The van der Waals surface area contributed by atoms with Gasteiger partial charge in [-0.1, -0.05) is 45.5 Å². The maximum Gasteiger partial charge on any atom is 0.0172 e. The molecular weight excluding hydrogens is 206 g/mol. The third-order valence-electron chi connectivity index (χ3n) is 2.49. The summed E-state index contributed by atoms with van der Waals surface area (Å²) in [6.45, 7) is 16.6. The SMILES string of the molecule is C=C(Cl)CC(C)C(=C)N(CCC)CCC. The van der Waals surface area contributed by atoms with Gasteiger partial charge in [0, 0.05) is 29.7 Å². The van der Waals surface area contributed by atoms with Crippen molar-refractivity contribution in [3.8, 4) is 0 Å². The van der Waals surface area contributed by atoms with E-state index < -0.39 is 0 Å². The molecule has 1 nitrogen and oxygen atoms in total. The Labute approximate surface area is 99.8 Å². The molecule has 0 fully saturated rings. The molecule has 1 unspecified atom stereocenters. The Morgan fingerprint density at radius 2 is 1.67 bits per heavy atom. The zero-order valence-electron chi connectivity index (χ0n) is 10.4. The molecule has 15 heavy (non-hydrogen) atoms. The van der Waals surface area contributed by atoms with E-state index in [4.69, 9.17) is 11.6 Å². The molecule has 0 aliphatic rings. The second kappa shape index (κ2) is 7.81. The van der Waals surface area contributed by atoms with Crippen molar-refractivity contribution in [1.29, 1.82) is 0 Å². The number of hydrogen-bond acceptors (Lipinski definition) is 1. The van der Waals surface area contributed by atoms with Gasteiger partial charge in [-0.2, -0.15) is 0 Å². The molecule has 0 N–H and O–H groups in total. The van der Waals surface area contributed by atoms with Crippen LogP contribution in [0.15, 0.2) is 23.9 Å². The summed E-state index contributed by atoms with van der Waals surface area (Å²) in [5.41, 5.74) is 1.19. The van der Waals surface area contributed by atoms with E-state index in [1.807, 2.05) is 0 Å². The lowest BCUT2D eigenvalue weighted by atomic mass is 10.0. The van der Waals surface area contributed by atoms with Gasteiger partial charge in [-0.25, -0.2) is 0 Å². The maximum atomic E-state index is 5.82. The molecule has 0 saturated carbocycles. The lowest BCUT2D eigenvalue weighted by Gasteiger charge is -2.29. The maximum absolute atomic E-state index is 5.82. The summed E-state index contributed by atoms with van der Waals surface area (Å²) in [6.07, 6.45) is 3.14. The number of halogens is 1. The van der Waals surface area contributed by atoms with Crippen LogP contribution in [0.3, 0.4) is 0 Å². The first-order valence-corrected chi connectivity index (χ1v) is 6.17. The summed E-state index contributed by atoms with van der Waals surface area (Å²) in [5, 5.41) is 0.719. The Kier molecular flexibility index (Phi) is 7.59. The standard InChI is InChI=1S/C13H24ClN/c1-6-8-15(9-7-2)13(5)11(3)10-12(4)14/h11H,4-10H2,1-3H3. The lowest BCUT2D eigenvalue weighted by molar-refractivity contribution is 0.309. The van der Waals surface area contributed by atoms with Crippen molar-refractivity contribution in [1.82, 2.24) is 4.90 Å². The smallest absolute Gasteiger partial charge is 0.0172 e. The van der Waals surface area contributed by atoms with E-state index in [-0.39, 0.29) is 0 Å². The van der Waals surface area contributed by atoms with Gasteiger partial charge < -0.3 is 4.90 Å². The molecule has 0 aromatic rings. The molecule has 0 aromatic carbocycles. The van der Waals surface area contributed by atoms with E-state index in [2.05, 4.69) is 38.8 Å².